The Morgan fingerprint density at radius 1 is 1.06 bits per heavy atom. The van der Waals surface area contributed by atoms with Gasteiger partial charge >= 0.3 is 5.97 Å². The van der Waals surface area contributed by atoms with E-state index in [2.05, 4.69) is 5.32 Å². The highest BCUT2D eigenvalue weighted by Crippen LogP contribution is 2.22. The number of para-hydroxylation sites is 1. The predicted octanol–water partition coefficient (Wildman–Crippen LogP) is 2.48. The van der Waals surface area contributed by atoms with E-state index in [1.165, 1.54) is 21.8 Å². The Kier molecular flexibility index (Phi) is 7.09. The first-order valence-corrected chi connectivity index (χ1v) is 11.4. The molecule has 166 valence electrons. The van der Waals surface area contributed by atoms with E-state index in [0.29, 0.717) is 13.0 Å². The Labute approximate surface area is 183 Å². The Morgan fingerprint density at radius 2 is 1.77 bits per heavy atom. The third kappa shape index (κ3) is 5.30. The third-order valence-electron chi connectivity index (χ3n) is 5.25. The number of nitrogens with zero attached hydrogens (tertiary/aromatic N) is 2. The number of ether oxygens (including phenoxy) is 1. The molecular formula is C22H27N3O5S. The van der Waals surface area contributed by atoms with Gasteiger partial charge in [0.1, 0.15) is 0 Å². The lowest BCUT2D eigenvalue weighted by Gasteiger charge is -2.34. The van der Waals surface area contributed by atoms with E-state index in [4.69, 9.17) is 4.74 Å². The van der Waals surface area contributed by atoms with E-state index in [1.54, 1.807) is 18.2 Å². The summed E-state index contributed by atoms with van der Waals surface area (Å²) in [5, 5.41) is 2.63. The zero-order chi connectivity index (χ0) is 22.6. The lowest BCUT2D eigenvalue weighted by atomic mass is 10.1. The van der Waals surface area contributed by atoms with Crippen molar-refractivity contribution in [2.24, 2.45) is 0 Å². The van der Waals surface area contributed by atoms with Crippen LogP contribution < -0.4 is 5.32 Å². The molecule has 8 nitrogen and oxygen atoms in total. The number of anilines is 1. The van der Waals surface area contributed by atoms with Gasteiger partial charge in [-0.15, -0.1) is 0 Å². The van der Waals surface area contributed by atoms with Crippen molar-refractivity contribution < 1.29 is 22.7 Å². The van der Waals surface area contributed by atoms with Crippen molar-refractivity contribution in [1.29, 1.82) is 0 Å². The van der Waals surface area contributed by atoms with Gasteiger partial charge in [0.15, 0.2) is 0 Å². The van der Waals surface area contributed by atoms with E-state index < -0.39 is 22.1 Å². The normalized spacial score (nSPS) is 16.6. The van der Waals surface area contributed by atoms with Crippen LogP contribution in [0.15, 0.2) is 42.5 Å². The number of hydrogen-bond donors (Lipinski definition) is 1. The molecule has 1 N–H and O–H groups in total. The van der Waals surface area contributed by atoms with Gasteiger partial charge in [-0.2, -0.15) is 17.0 Å². The highest BCUT2D eigenvalue weighted by Gasteiger charge is 2.35. The summed E-state index contributed by atoms with van der Waals surface area (Å²) < 4.78 is 33.6. The first-order chi connectivity index (χ1) is 14.7. The summed E-state index contributed by atoms with van der Waals surface area (Å²) in [7, 11) is -2.54. The fourth-order valence-electron chi connectivity index (χ4n) is 3.53. The minimum absolute atomic E-state index is 0.205. The van der Waals surface area contributed by atoms with E-state index in [9.17, 15) is 18.0 Å². The van der Waals surface area contributed by atoms with E-state index in [1.807, 2.05) is 32.0 Å². The van der Waals surface area contributed by atoms with Crippen LogP contribution in [0.2, 0.25) is 0 Å². The predicted molar refractivity (Wildman–Crippen MR) is 118 cm³/mol. The summed E-state index contributed by atoms with van der Waals surface area (Å²) >= 11 is 0. The number of esters is 1. The van der Waals surface area contributed by atoms with Crippen LogP contribution in [-0.4, -0.2) is 55.6 Å². The Balaban J connectivity index is 1.72. The molecule has 3 rings (SSSR count). The Hall–Kier alpha value is -2.75. The molecule has 1 saturated heterocycles. The minimum atomic E-state index is -3.80. The molecule has 1 aliphatic heterocycles. The number of rotatable bonds is 6. The Bertz CT molecular complexity index is 1080. The van der Waals surface area contributed by atoms with Gasteiger partial charge in [0, 0.05) is 19.6 Å². The van der Waals surface area contributed by atoms with Crippen molar-refractivity contribution >= 4 is 27.8 Å². The van der Waals surface area contributed by atoms with Crippen molar-refractivity contribution in [2.45, 2.75) is 26.8 Å². The number of nitrogens with one attached hydrogen (secondary N) is 1. The molecule has 1 amide bonds. The molecule has 0 radical (unpaired) electrons. The minimum Gasteiger partial charge on any atom is -0.465 e. The van der Waals surface area contributed by atoms with Gasteiger partial charge in [0.05, 0.1) is 24.9 Å². The molecule has 0 saturated carbocycles. The highest BCUT2D eigenvalue weighted by atomic mass is 32.2. The van der Waals surface area contributed by atoms with Crippen molar-refractivity contribution in [1.82, 2.24) is 8.61 Å². The average molecular weight is 446 g/mol. The number of aryl methyl sites for hydroxylation is 2. The second-order valence-electron chi connectivity index (χ2n) is 7.54. The highest BCUT2D eigenvalue weighted by molar-refractivity contribution is 7.86. The smallest absolute Gasteiger partial charge is 0.339 e. The summed E-state index contributed by atoms with van der Waals surface area (Å²) in [6, 6.07) is 12.4. The van der Waals surface area contributed by atoms with E-state index in [-0.39, 0.29) is 30.9 Å². The second kappa shape index (κ2) is 9.59. The number of benzene rings is 2. The average Bonchev–Trinajstić information content (AvgIpc) is 2.73. The SMILES string of the molecule is COC(=O)c1ccccc1NC(=O)CN1CCCN(Cc2cc(C)ccc2C)S1(=O)=O. The van der Waals surface area contributed by atoms with Crippen LogP contribution in [0.3, 0.4) is 0 Å². The maximum absolute atomic E-state index is 13.1. The maximum atomic E-state index is 13.1. The van der Waals surface area contributed by atoms with Crippen molar-refractivity contribution in [2.75, 3.05) is 32.1 Å². The van der Waals surface area contributed by atoms with E-state index >= 15 is 0 Å². The fraction of sp³-hybridized carbons (Fsp3) is 0.364. The summed E-state index contributed by atoms with van der Waals surface area (Å²) in [5.74, 6) is -1.10. The van der Waals surface area contributed by atoms with E-state index in [0.717, 1.165) is 16.7 Å². The molecule has 31 heavy (non-hydrogen) atoms. The van der Waals surface area contributed by atoms with Crippen molar-refractivity contribution in [3.63, 3.8) is 0 Å². The van der Waals surface area contributed by atoms with Crippen LogP contribution >= 0.6 is 0 Å². The summed E-state index contributed by atoms with van der Waals surface area (Å²) in [6.07, 6.45) is 0.621. The molecule has 0 unspecified atom stereocenters. The van der Waals surface area contributed by atoms with Crippen molar-refractivity contribution in [3.8, 4) is 0 Å². The van der Waals surface area contributed by atoms with Gasteiger partial charge in [-0.1, -0.05) is 35.9 Å². The molecule has 1 heterocycles. The zero-order valence-electron chi connectivity index (χ0n) is 17.9. The molecule has 9 heteroatoms. The lowest BCUT2D eigenvalue weighted by molar-refractivity contribution is -0.116. The molecule has 2 aromatic rings. The topological polar surface area (TPSA) is 96.0 Å². The zero-order valence-corrected chi connectivity index (χ0v) is 18.7. The molecular weight excluding hydrogens is 418 g/mol. The summed E-state index contributed by atoms with van der Waals surface area (Å²) in [5.41, 5.74) is 3.52. The fourth-order valence-corrected chi connectivity index (χ4v) is 5.16. The molecule has 0 aromatic heterocycles. The third-order valence-corrected chi connectivity index (χ3v) is 7.17. The standard InChI is InChI=1S/C22H27N3O5S/c1-16-9-10-17(2)18(13-16)14-24-11-6-12-25(31(24,28)29)15-21(26)23-20-8-5-4-7-19(20)22(27)30-3/h4-5,7-10,13H,6,11-12,14-15H2,1-3H3,(H,23,26). The van der Waals surface area contributed by atoms with Crippen LogP contribution in [0, 0.1) is 13.8 Å². The van der Waals surface area contributed by atoms with Gasteiger partial charge in [0.2, 0.25) is 5.91 Å². The lowest BCUT2D eigenvalue weighted by Crippen LogP contribution is -2.51. The van der Waals surface area contributed by atoms with Crippen LogP contribution in [0.1, 0.15) is 33.5 Å². The molecule has 0 atom stereocenters. The first-order valence-electron chi connectivity index (χ1n) is 10.0. The quantitative estimate of drug-likeness (QED) is 0.689. The largest absolute Gasteiger partial charge is 0.465 e. The van der Waals surface area contributed by atoms with Crippen LogP contribution in [-0.2, 0) is 26.3 Å². The van der Waals surface area contributed by atoms with Crippen LogP contribution in [0.4, 0.5) is 5.69 Å². The second-order valence-corrected chi connectivity index (χ2v) is 9.47. The summed E-state index contributed by atoms with van der Waals surface area (Å²) in [4.78, 5) is 24.5. The van der Waals surface area contributed by atoms with Gasteiger partial charge in [-0.25, -0.2) is 4.79 Å². The van der Waals surface area contributed by atoms with Gasteiger partial charge < -0.3 is 10.1 Å². The maximum Gasteiger partial charge on any atom is 0.339 e. The van der Waals surface area contributed by atoms with Gasteiger partial charge in [-0.05, 0) is 43.5 Å². The number of amides is 1. The first kappa shape index (κ1) is 22.9. The van der Waals surface area contributed by atoms with Crippen LogP contribution in [0.5, 0.6) is 0 Å². The molecule has 2 aromatic carbocycles. The molecule has 1 aliphatic rings. The van der Waals surface area contributed by atoms with Crippen molar-refractivity contribution in [3.05, 3.63) is 64.7 Å². The number of hydrogen-bond acceptors (Lipinski definition) is 5. The van der Waals surface area contributed by atoms with Crippen LogP contribution in [0.25, 0.3) is 0 Å². The molecule has 0 spiro atoms. The summed E-state index contributed by atoms with van der Waals surface area (Å²) in [6.45, 7) is 4.52. The number of methoxy groups -OCH3 is 1. The molecule has 0 aliphatic carbocycles. The van der Waals surface area contributed by atoms with Gasteiger partial charge in [0.25, 0.3) is 10.2 Å². The number of carbonyl (C=O) groups is 2. The molecule has 1 fully saturated rings. The van der Waals surface area contributed by atoms with Gasteiger partial charge in [-0.3, -0.25) is 4.79 Å². The Morgan fingerprint density at radius 3 is 2.52 bits per heavy atom. The molecule has 0 bridgehead atoms. The number of carbonyl (C=O) groups excluding carboxylic acids is 2. The monoisotopic (exact) mass is 445 g/mol.